The lowest BCUT2D eigenvalue weighted by Crippen LogP contribution is -2.51. The van der Waals surface area contributed by atoms with Gasteiger partial charge in [0, 0.05) is 19.6 Å². The van der Waals surface area contributed by atoms with Crippen molar-refractivity contribution in [2.24, 2.45) is 0 Å². The molecule has 0 aromatic heterocycles. The van der Waals surface area contributed by atoms with E-state index in [1.165, 1.54) is 48.3 Å². The molecule has 2 rings (SSSR count). The van der Waals surface area contributed by atoms with E-state index in [1.807, 2.05) is 20.8 Å². The first-order valence-corrected chi connectivity index (χ1v) is 12.3. The number of carbonyl (C=O) groups is 2. The van der Waals surface area contributed by atoms with Crippen LogP contribution in [0.3, 0.4) is 0 Å². The maximum Gasteiger partial charge on any atom is 0.243 e. The minimum atomic E-state index is -3.90. The molecule has 0 radical (unpaired) electrons. The SMILES string of the molecule is CC[C@@H](C)NC(=O)[C@@H](C)N(Cc1ccc(F)cc1)C(=O)CN(C)S(=O)(=O)c1ccc(C)cc1. The Morgan fingerprint density at radius 2 is 1.61 bits per heavy atom. The molecule has 0 saturated heterocycles. The molecular weight excluding hydrogens is 445 g/mol. The van der Waals surface area contributed by atoms with Crippen LogP contribution in [0.25, 0.3) is 0 Å². The lowest BCUT2D eigenvalue weighted by atomic mass is 10.1. The van der Waals surface area contributed by atoms with Crippen molar-refractivity contribution in [1.82, 2.24) is 14.5 Å². The van der Waals surface area contributed by atoms with Crippen LogP contribution >= 0.6 is 0 Å². The fourth-order valence-corrected chi connectivity index (χ4v) is 4.21. The molecule has 0 unspecified atom stereocenters. The van der Waals surface area contributed by atoms with Gasteiger partial charge in [0.25, 0.3) is 0 Å². The molecular formula is C24H32FN3O4S. The Morgan fingerprint density at radius 1 is 1.03 bits per heavy atom. The molecule has 0 spiro atoms. The number of hydrogen-bond donors (Lipinski definition) is 1. The molecule has 0 aliphatic heterocycles. The minimum Gasteiger partial charge on any atom is -0.352 e. The summed E-state index contributed by atoms with van der Waals surface area (Å²) in [5.74, 6) is -1.30. The summed E-state index contributed by atoms with van der Waals surface area (Å²) in [7, 11) is -2.57. The normalized spacial score (nSPS) is 13.4. The fourth-order valence-electron chi connectivity index (χ4n) is 3.09. The van der Waals surface area contributed by atoms with Crippen LogP contribution in [0.1, 0.15) is 38.3 Å². The van der Waals surface area contributed by atoms with Gasteiger partial charge in [-0.15, -0.1) is 0 Å². The van der Waals surface area contributed by atoms with Crippen LogP contribution < -0.4 is 5.32 Å². The molecule has 2 atom stereocenters. The number of benzene rings is 2. The van der Waals surface area contributed by atoms with Gasteiger partial charge in [0.05, 0.1) is 11.4 Å². The van der Waals surface area contributed by atoms with Crippen molar-refractivity contribution in [3.8, 4) is 0 Å². The summed E-state index contributed by atoms with van der Waals surface area (Å²) < 4.78 is 40.1. The Morgan fingerprint density at radius 3 is 2.15 bits per heavy atom. The second-order valence-corrected chi connectivity index (χ2v) is 10.3. The second-order valence-electron chi connectivity index (χ2n) is 8.22. The molecule has 1 N–H and O–H groups in total. The maximum atomic E-state index is 13.3. The number of sulfonamides is 1. The predicted octanol–water partition coefficient (Wildman–Crippen LogP) is 3.09. The van der Waals surface area contributed by atoms with E-state index in [0.717, 1.165) is 16.3 Å². The van der Waals surface area contributed by atoms with Crippen molar-refractivity contribution in [3.63, 3.8) is 0 Å². The van der Waals surface area contributed by atoms with Gasteiger partial charge in [0.15, 0.2) is 0 Å². The van der Waals surface area contributed by atoms with Gasteiger partial charge in [0.2, 0.25) is 21.8 Å². The molecule has 2 aromatic carbocycles. The molecule has 9 heteroatoms. The molecule has 0 aliphatic rings. The first-order chi connectivity index (χ1) is 15.4. The Bertz CT molecular complexity index is 1060. The summed E-state index contributed by atoms with van der Waals surface area (Å²) in [6.45, 7) is 6.82. The zero-order chi connectivity index (χ0) is 24.8. The summed E-state index contributed by atoms with van der Waals surface area (Å²) in [6, 6.07) is 11.0. The topological polar surface area (TPSA) is 86.8 Å². The van der Waals surface area contributed by atoms with E-state index in [1.54, 1.807) is 19.1 Å². The lowest BCUT2D eigenvalue weighted by molar-refractivity contribution is -0.140. The highest BCUT2D eigenvalue weighted by atomic mass is 32.2. The van der Waals surface area contributed by atoms with Crippen molar-refractivity contribution in [3.05, 3.63) is 65.5 Å². The molecule has 0 fully saturated rings. The quantitative estimate of drug-likeness (QED) is 0.570. The second kappa shape index (κ2) is 11.4. The van der Waals surface area contributed by atoms with Gasteiger partial charge in [-0.1, -0.05) is 36.8 Å². The Balaban J connectivity index is 2.26. The average molecular weight is 478 g/mol. The average Bonchev–Trinajstić information content (AvgIpc) is 2.78. The van der Waals surface area contributed by atoms with Crippen molar-refractivity contribution in [2.45, 2.75) is 57.6 Å². The summed E-state index contributed by atoms with van der Waals surface area (Å²) in [5, 5.41) is 2.85. The van der Waals surface area contributed by atoms with Gasteiger partial charge >= 0.3 is 0 Å². The third-order valence-electron chi connectivity index (χ3n) is 5.52. The van der Waals surface area contributed by atoms with Crippen LogP contribution in [0.5, 0.6) is 0 Å². The van der Waals surface area contributed by atoms with E-state index in [0.29, 0.717) is 5.56 Å². The number of hydrogen-bond acceptors (Lipinski definition) is 4. The molecule has 2 aromatic rings. The Kier molecular flexibility index (Phi) is 9.13. The van der Waals surface area contributed by atoms with Crippen LogP contribution in [0, 0.1) is 12.7 Å². The van der Waals surface area contributed by atoms with E-state index in [-0.39, 0.29) is 23.4 Å². The zero-order valence-corrected chi connectivity index (χ0v) is 20.5. The molecule has 33 heavy (non-hydrogen) atoms. The fraction of sp³-hybridized carbons (Fsp3) is 0.417. The van der Waals surface area contributed by atoms with Crippen molar-refractivity contribution < 1.29 is 22.4 Å². The van der Waals surface area contributed by atoms with Gasteiger partial charge in [-0.05, 0) is 57.0 Å². The Hall–Kier alpha value is -2.78. The number of carbonyl (C=O) groups excluding carboxylic acids is 2. The first kappa shape index (κ1) is 26.5. The molecule has 0 saturated carbocycles. The highest BCUT2D eigenvalue weighted by Crippen LogP contribution is 2.17. The molecule has 2 amide bonds. The zero-order valence-electron chi connectivity index (χ0n) is 19.7. The highest BCUT2D eigenvalue weighted by molar-refractivity contribution is 7.89. The van der Waals surface area contributed by atoms with E-state index in [9.17, 15) is 22.4 Å². The monoisotopic (exact) mass is 477 g/mol. The van der Waals surface area contributed by atoms with Crippen LogP contribution in [-0.2, 0) is 26.2 Å². The van der Waals surface area contributed by atoms with Crippen molar-refractivity contribution in [2.75, 3.05) is 13.6 Å². The van der Waals surface area contributed by atoms with Crippen molar-refractivity contribution in [1.29, 1.82) is 0 Å². The molecule has 0 aliphatic carbocycles. The summed E-state index contributed by atoms with van der Waals surface area (Å²) in [5.41, 5.74) is 1.54. The third kappa shape index (κ3) is 7.10. The van der Waals surface area contributed by atoms with E-state index in [4.69, 9.17) is 0 Å². The number of nitrogens with one attached hydrogen (secondary N) is 1. The highest BCUT2D eigenvalue weighted by Gasteiger charge is 2.30. The molecule has 180 valence electrons. The first-order valence-electron chi connectivity index (χ1n) is 10.8. The maximum absolute atomic E-state index is 13.3. The van der Waals surface area contributed by atoms with Gasteiger partial charge in [-0.25, -0.2) is 12.8 Å². The standard InChI is InChI=1S/C24H32FN3O4S/c1-6-18(3)26-24(30)19(4)28(15-20-9-11-21(25)12-10-20)23(29)16-27(5)33(31,32)22-13-7-17(2)8-14-22/h7-14,18-19H,6,15-16H2,1-5H3,(H,26,30)/t18-,19-/m1/s1. The van der Waals surface area contributed by atoms with E-state index >= 15 is 0 Å². The number of aryl methyl sites for hydroxylation is 1. The molecule has 0 heterocycles. The van der Waals surface area contributed by atoms with Gasteiger partial charge < -0.3 is 10.2 Å². The molecule has 7 nitrogen and oxygen atoms in total. The number of rotatable bonds is 10. The van der Waals surface area contributed by atoms with Crippen LogP contribution in [0.2, 0.25) is 0 Å². The van der Waals surface area contributed by atoms with Gasteiger partial charge in [-0.3, -0.25) is 9.59 Å². The van der Waals surface area contributed by atoms with Crippen LogP contribution in [0.15, 0.2) is 53.4 Å². The number of nitrogens with zero attached hydrogens (tertiary/aromatic N) is 2. The summed E-state index contributed by atoms with van der Waals surface area (Å²) >= 11 is 0. The van der Waals surface area contributed by atoms with E-state index in [2.05, 4.69) is 5.32 Å². The smallest absolute Gasteiger partial charge is 0.243 e. The predicted molar refractivity (Wildman–Crippen MR) is 125 cm³/mol. The summed E-state index contributed by atoms with van der Waals surface area (Å²) in [6.07, 6.45) is 0.724. The van der Waals surface area contributed by atoms with Gasteiger partial charge in [-0.2, -0.15) is 4.31 Å². The number of halogens is 1. The minimum absolute atomic E-state index is 0.0344. The largest absolute Gasteiger partial charge is 0.352 e. The number of amides is 2. The number of likely N-dealkylation sites (N-methyl/N-ethyl adjacent to an activating group) is 1. The lowest BCUT2D eigenvalue weighted by Gasteiger charge is -2.31. The van der Waals surface area contributed by atoms with Gasteiger partial charge in [0.1, 0.15) is 11.9 Å². The molecule has 0 bridgehead atoms. The van der Waals surface area contributed by atoms with E-state index < -0.39 is 34.3 Å². The van der Waals surface area contributed by atoms with Crippen LogP contribution in [-0.4, -0.2) is 55.1 Å². The Labute approximate surface area is 195 Å². The van der Waals surface area contributed by atoms with Crippen LogP contribution in [0.4, 0.5) is 4.39 Å². The summed E-state index contributed by atoms with van der Waals surface area (Å²) in [4.78, 5) is 27.4. The van der Waals surface area contributed by atoms with Crippen molar-refractivity contribution >= 4 is 21.8 Å². The third-order valence-corrected chi connectivity index (χ3v) is 7.34.